The van der Waals surface area contributed by atoms with E-state index in [0.29, 0.717) is 0 Å². The highest BCUT2D eigenvalue weighted by Gasteiger charge is 2.15. The van der Waals surface area contributed by atoms with Crippen LogP contribution in [0, 0.1) is 0 Å². The Morgan fingerprint density at radius 1 is 1.16 bits per heavy atom. The SMILES string of the molecule is COc1ccc(-c2nc(=[N+]3CCOCC3)ss2)cc1. The third kappa shape index (κ3) is 2.86. The Hall–Kier alpha value is -1.24. The van der Waals surface area contributed by atoms with Gasteiger partial charge >= 0.3 is 4.80 Å². The molecule has 1 aromatic heterocycles. The normalized spacial score (nSPS) is 15.5. The van der Waals surface area contributed by atoms with Crippen LogP contribution in [0.15, 0.2) is 24.3 Å². The quantitative estimate of drug-likeness (QED) is 0.624. The smallest absolute Gasteiger partial charge is 0.389 e. The van der Waals surface area contributed by atoms with Gasteiger partial charge in [-0.3, -0.25) is 0 Å². The van der Waals surface area contributed by atoms with E-state index in [1.54, 1.807) is 27.8 Å². The Kier molecular flexibility index (Phi) is 3.91. The molecule has 3 rings (SSSR count). The number of nitrogens with zero attached hydrogens (tertiary/aromatic N) is 2. The third-order valence-electron chi connectivity index (χ3n) is 3.01. The van der Waals surface area contributed by atoms with E-state index in [0.717, 1.165) is 47.4 Å². The molecule has 0 bridgehead atoms. The Labute approximate surface area is 119 Å². The molecule has 0 saturated carbocycles. The van der Waals surface area contributed by atoms with E-state index in [2.05, 4.69) is 4.58 Å². The number of methoxy groups -OCH3 is 1. The maximum absolute atomic E-state index is 5.36. The van der Waals surface area contributed by atoms with Crippen molar-refractivity contribution in [2.75, 3.05) is 33.4 Å². The maximum Gasteiger partial charge on any atom is 0.389 e. The molecule has 0 unspecified atom stereocenters. The molecule has 19 heavy (non-hydrogen) atoms. The lowest BCUT2D eigenvalue weighted by molar-refractivity contribution is 0.0965. The first-order valence-corrected chi connectivity index (χ1v) is 8.29. The number of hydrogen-bond acceptors (Lipinski definition) is 5. The van der Waals surface area contributed by atoms with Crippen LogP contribution in [-0.4, -0.2) is 38.4 Å². The van der Waals surface area contributed by atoms with Crippen molar-refractivity contribution >= 4 is 20.7 Å². The van der Waals surface area contributed by atoms with Gasteiger partial charge < -0.3 is 9.47 Å². The van der Waals surface area contributed by atoms with Crippen LogP contribution < -0.4 is 14.1 Å². The van der Waals surface area contributed by atoms with Crippen molar-refractivity contribution in [2.24, 2.45) is 0 Å². The molecule has 4 nitrogen and oxygen atoms in total. The second-order valence-corrected chi connectivity index (χ2v) is 6.28. The van der Waals surface area contributed by atoms with Crippen molar-refractivity contribution in [3.8, 4) is 16.3 Å². The second-order valence-electron chi connectivity index (χ2n) is 4.19. The van der Waals surface area contributed by atoms with Crippen molar-refractivity contribution in [1.29, 1.82) is 0 Å². The summed E-state index contributed by atoms with van der Waals surface area (Å²) < 4.78 is 12.8. The van der Waals surface area contributed by atoms with Gasteiger partial charge in [-0.25, -0.2) is 4.58 Å². The van der Waals surface area contributed by atoms with E-state index < -0.39 is 0 Å². The van der Waals surface area contributed by atoms with Crippen LogP contribution in [0.1, 0.15) is 0 Å². The summed E-state index contributed by atoms with van der Waals surface area (Å²) in [5.41, 5.74) is 1.14. The molecule has 100 valence electrons. The summed E-state index contributed by atoms with van der Waals surface area (Å²) in [6.07, 6.45) is 0. The summed E-state index contributed by atoms with van der Waals surface area (Å²) >= 11 is 0. The van der Waals surface area contributed by atoms with Crippen LogP contribution >= 0.6 is 20.7 Å². The fraction of sp³-hybridized carbons (Fsp3) is 0.385. The van der Waals surface area contributed by atoms with E-state index in [1.807, 2.05) is 24.3 Å². The Morgan fingerprint density at radius 3 is 2.58 bits per heavy atom. The van der Waals surface area contributed by atoms with Crippen molar-refractivity contribution in [3.63, 3.8) is 0 Å². The van der Waals surface area contributed by atoms with E-state index >= 15 is 0 Å². The number of morpholine rings is 1. The first kappa shape index (κ1) is 12.8. The highest BCUT2D eigenvalue weighted by atomic mass is 32.9. The van der Waals surface area contributed by atoms with Gasteiger partial charge in [0, 0.05) is 15.9 Å². The molecule has 0 N–H and O–H groups in total. The zero-order valence-electron chi connectivity index (χ0n) is 10.7. The second kappa shape index (κ2) is 5.81. The van der Waals surface area contributed by atoms with Gasteiger partial charge in [0.2, 0.25) is 5.01 Å². The summed E-state index contributed by atoms with van der Waals surface area (Å²) in [6.45, 7) is 3.45. The van der Waals surface area contributed by atoms with Gasteiger partial charge in [-0.05, 0) is 39.6 Å². The highest BCUT2D eigenvalue weighted by Crippen LogP contribution is 2.24. The number of aromatic nitrogens is 1. The Morgan fingerprint density at radius 2 is 1.89 bits per heavy atom. The topological polar surface area (TPSA) is 34.4 Å². The van der Waals surface area contributed by atoms with Gasteiger partial charge in [-0.2, -0.15) is 0 Å². The van der Waals surface area contributed by atoms with Crippen LogP contribution in [0.3, 0.4) is 0 Å². The molecule has 1 saturated heterocycles. The van der Waals surface area contributed by atoms with Crippen LogP contribution in [0.25, 0.3) is 10.6 Å². The molecule has 0 atom stereocenters. The van der Waals surface area contributed by atoms with Crippen LogP contribution in [0.5, 0.6) is 5.75 Å². The molecular formula is C13H15N2O2S2+. The Bertz CT molecular complexity index is 608. The van der Waals surface area contributed by atoms with Crippen molar-refractivity contribution < 1.29 is 9.47 Å². The molecule has 0 amide bonds. The van der Waals surface area contributed by atoms with Crippen molar-refractivity contribution in [1.82, 2.24) is 9.56 Å². The molecule has 1 aromatic carbocycles. The summed E-state index contributed by atoms with van der Waals surface area (Å²) in [5, 5.41) is 1.06. The van der Waals surface area contributed by atoms with E-state index in [1.165, 1.54) is 0 Å². The lowest BCUT2D eigenvalue weighted by atomic mass is 10.2. The van der Waals surface area contributed by atoms with Gasteiger partial charge in [-0.1, -0.05) is 0 Å². The monoisotopic (exact) mass is 295 g/mol. The van der Waals surface area contributed by atoms with E-state index in [4.69, 9.17) is 14.5 Å². The average molecular weight is 295 g/mol. The first-order chi connectivity index (χ1) is 9.36. The minimum Gasteiger partial charge on any atom is -0.497 e. The zero-order chi connectivity index (χ0) is 13.1. The van der Waals surface area contributed by atoms with Crippen LogP contribution in [-0.2, 0) is 4.74 Å². The summed E-state index contributed by atoms with van der Waals surface area (Å²) in [7, 11) is 5.13. The lowest BCUT2D eigenvalue weighted by Gasteiger charge is -2.11. The van der Waals surface area contributed by atoms with Crippen molar-refractivity contribution in [2.45, 2.75) is 0 Å². The summed E-state index contributed by atoms with van der Waals surface area (Å²) in [5.74, 6) is 0.873. The fourth-order valence-corrected chi connectivity index (χ4v) is 4.20. The van der Waals surface area contributed by atoms with E-state index in [9.17, 15) is 0 Å². The Balaban J connectivity index is 1.91. The van der Waals surface area contributed by atoms with Crippen LogP contribution in [0.4, 0.5) is 0 Å². The number of benzene rings is 1. The molecule has 1 aliphatic heterocycles. The van der Waals surface area contributed by atoms with Gasteiger partial charge in [0.25, 0.3) is 0 Å². The third-order valence-corrected chi connectivity index (χ3v) is 5.25. The standard InChI is InChI=1S/C13H15N2O2S2/c1-16-11-4-2-10(3-5-11)12-14-13(19-18-12)15-6-8-17-9-7-15/h2-5H,6-9H2,1H3/q+1. The molecule has 2 aromatic rings. The largest absolute Gasteiger partial charge is 0.497 e. The van der Waals surface area contributed by atoms with Gasteiger partial charge in [-0.15, -0.1) is 0 Å². The molecule has 6 heteroatoms. The molecule has 0 spiro atoms. The van der Waals surface area contributed by atoms with Crippen molar-refractivity contribution in [3.05, 3.63) is 29.1 Å². The molecular weight excluding hydrogens is 280 g/mol. The number of ether oxygens (including phenoxy) is 2. The first-order valence-electron chi connectivity index (χ1n) is 6.14. The molecule has 0 radical (unpaired) electrons. The minimum atomic E-state index is 0.794. The summed E-state index contributed by atoms with van der Waals surface area (Å²) in [4.78, 5) is 5.82. The average Bonchev–Trinajstić information content (AvgIpc) is 2.98. The number of rotatable bonds is 2. The predicted octanol–water partition coefficient (Wildman–Crippen LogP) is 1.68. The summed E-state index contributed by atoms with van der Waals surface area (Å²) in [6, 6.07) is 8.03. The van der Waals surface area contributed by atoms with Gasteiger partial charge in [0.1, 0.15) is 18.8 Å². The van der Waals surface area contributed by atoms with E-state index in [-0.39, 0.29) is 0 Å². The molecule has 2 heterocycles. The highest BCUT2D eigenvalue weighted by molar-refractivity contribution is 7.69. The van der Waals surface area contributed by atoms with Gasteiger partial charge in [0.05, 0.1) is 20.3 Å². The molecule has 1 fully saturated rings. The molecule has 0 aliphatic carbocycles. The lowest BCUT2D eigenvalue weighted by Crippen LogP contribution is -2.39. The zero-order valence-corrected chi connectivity index (χ0v) is 12.3. The predicted molar refractivity (Wildman–Crippen MR) is 77.8 cm³/mol. The maximum atomic E-state index is 5.36. The minimum absolute atomic E-state index is 0.794. The number of hydrogen-bond donors (Lipinski definition) is 0. The fourth-order valence-electron chi connectivity index (χ4n) is 1.93. The van der Waals surface area contributed by atoms with Gasteiger partial charge in [0.15, 0.2) is 0 Å². The van der Waals surface area contributed by atoms with Crippen LogP contribution in [0.2, 0.25) is 0 Å². The molecule has 1 aliphatic rings.